The van der Waals surface area contributed by atoms with Gasteiger partial charge in [-0.2, -0.15) is 20.9 Å². The fraction of sp³-hybridized carbons (Fsp3) is 0.500. The molecule has 2 heterocycles. The third kappa shape index (κ3) is 2.44. The molecule has 1 aliphatic heterocycles. The molecule has 0 aromatic carbocycles. The molecule has 0 bridgehead atoms. The van der Waals surface area contributed by atoms with Gasteiger partial charge >= 0.3 is 0 Å². The van der Waals surface area contributed by atoms with E-state index in [1.807, 2.05) is 0 Å². The van der Waals surface area contributed by atoms with Crippen LogP contribution in [0.5, 0.6) is 0 Å². The highest BCUT2D eigenvalue weighted by atomic mass is 15.6. The number of allylic oxidation sites excluding steroid dienone is 2. The molecule has 0 saturated carbocycles. The average molecular weight is 246 g/mol. The summed E-state index contributed by atoms with van der Waals surface area (Å²) in [6, 6.07) is 0.468. The summed E-state index contributed by atoms with van der Waals surface area (Å²) in [5.74, 6) is 0. The summed E-state index contributed by atoms with van der Waals surface area (Å²) in [6.07, 6.45) is 12.1. The molecule has 6 heteroatoms. The summed E-state index contributed by atoms with van der Waals surface area (Å²) < 4.78 is 0. The molecule has 4 N–H and O–H groups in total. The molecule has 1 atom stereocenters. The minimum absolute atomic E-state index is 0.468. The summed E-state index contributed by atoms with van der Waals surface area (Å²) in [7, 11) is 0. The maximum Gasteiger partial charge on any atom is 0.0856 e. The number of fused-ring (bicyclic) bond motifs is 2. The quantitative estimate of drug-likeness (QED) is 0.536. The number of nitrogens with zero attached hydrogens (tertiary/aromatic N) is 2. The first-order valence-electron chi connectivity index (χ1n) is 6.45. The van der Waals surface area contributed by atoms with Crippen LogP contribution in [0.1, 0.15) is 30.7 Å². The Morgan fingerprint density at radius 3 is 2.61 bits per heavy atom. The second-order valence-electron chi connectivity index (χ2n) is 4.66. The van der Waals surface area contributed by atoms with Crippen molar-refractivity contribution < 1.29 is 0 Å². The van der Waals surface area contributed by atoms with E-state index in [1.54, 1.807) is 0 Å². The van der Waals surface area contributed by atoms with Crippen molar-refractivity contribution in [3.8, 4) is 0 Å². The minimum Gasteiger partial charge on any atom is -0.311 e. The molecular weight excluding hydrogens is 228 g/mol. The smallest absolute Gasteiger partial charge is 0.0856 e. The van der Waals surface area contributed by atoms with Crippen LogP contribution in [0.2, 0.25) is 0 Å². The van der Waals surface area contributed by atoms with Crippen molar-refractivity contribution in [1.29, 1.82) is 0 Å². The topological polar surface area (TPSA) is 77.7 Å². The van der Waals surface area contributed by atoms with Crippen molar-refractivity contribution in [2.75, 3.05) is 0 Å². The maximum atomic E-state index is 4.02. The molecule has 0 amide bonds. The first kappa shape index (κ1) is 11.4. The third-order valence-corrected chi connectivity index (χ3v) is 3.39. The first-order chi connectivity index (χ1) is 8.93. The number of hydrogen-bond donors (Lipinski definition) is 4. The number of hydrazine groups is 2. The van der Waals surface area contributed by atoms with E-state index in [0.717, 1.165) is 19.3 Å². The van der Waals surface area contributed by atoms with E-state index in [2.05, 4.69) is 50.0 Å². The van der Waals surface area contributed by atoms with Gasteiger partial charge in [0, 0.05) is 5.70 Å². The molecule has 0 radical (unpaired) electrons. The first-order valence-corrected chi connectivity index (χ1v) is 6.45. The van der Waals surface area contributed by atoms with E-state index in [4.69, 9.17) is 0 Å². The van der Waals surface area contributed by atoms with Gasteiger partial charge in [-0.3, -0.25) is 0 Å². The average Bonchev–Trinajstić information content (AvgIpc) is 3.08. The van der Waals surface area contributed by atoms with E-state index in [-0.39, 0.29) is 0 Å². The standard InChI is InChI=1S/2C6H9N3/c2*1-2-4-6-5(3-1)7-9-8-6/h1-4H2,(H,7,8,9);1-3,6-9H,4H2. The summed E-state index contributed by atoms with van der Waals surface area (Å²) >= 11 is 0. The third-order valence-electron chi connectivity index (χ3n) is 3.39. The van der Waals surface area contributed by atoms with Gasteiger partial charge in [-0.25, -0.2) is 5.43 Å². The van der Waals surface area contributed by atoms with Crippen LogP contribution in [0.25, 0.3) is 0 Å². The van der Waals surface area contributed by atoms with Gasteiger partial charge in [-0.05, 0) is 38.2 Å². The van der Waals surface area contributed by atoms with Gasteiger partial charge in [0.25, 0.3) is 0 Å². The number of hydrogen-bond acceptors (Lipinski definition) is 5. The SMILES string of the molecule is C1=CCC2NNNC2=C1.C1CCc2n[nH]nc2C1. The Hall–Kier alpha value is -1.66. The van der Waals surface area contributed by atoms with Crippen LogP contribution in [-0.4, -0.2) is 21.5 Å². The maximum absolute atomic E-state index is 4.02. The Balaban J connectivity index is 0.000000111. The van der Waals surface area contributed by atoms with E-state index < -0.39 is 0 Å². The molecule has 18 heavy (non-hydrogen) atoms. The van der Waals surface area contributed by atoms with Gasteiger partial charge < -0.3 is 5.43 Å². The molecule has 3 aliphatic rings. The number of aryl methyl sites for hydroxylation is 2. The molecule has 2 aliphatic carbocycles. The van der Waals surface area contributed by atoms with Crippen LogP contribution in [0, 0.1) is 0 Å². The monoisotopic (exact) mass is 246 g/mol. The van der Waals surface area contributed by atoms with Crippen molar-refractivity contribution in [2.24, 2.45) is 0 Å². The number of aromatic nitrogens is 3. The molecule has 1 aromatic rings. The summed E-state index contributed by atoms with van der Waals surface area (Å²) in [5, 5.41) is 10.7. The summed E-state index contributed by atoms with van der Waals surface area (Å²) in [4.78, 5) is 0. The lowest BCUT2D eigenvalue weighted by molar-refractivity contribution is 0.545. The van der Waals surface area contributed by atoms with Crippen molar-refractivity contribution in [2.45, 2.75) is 38.1 Å². The molecule has 0 spiro atoms. The Morgan fingerprint density at radius 2 is 1.89 bits per heavy atom. The number of rotatable bonds is 0. The van der Waals surface area contributed by atoms with Crippen LogP contribution in [0.15, 0.2) is 23.9 Å². The predicted octanol–water partition coefficient (Wildman–Crippen LogP) is 0.495. The van der Waals surface area contributed by atoms with Crippen molar-refractivity contribution >= 4 is 0 Å². The Morgan fingerprint density at radius 1 is 1.11 bits per heavy atom. The zero-order chi connectivity index (χ0) is 12.2. The highest BCUT2D eigenvalue weighted by Gasteiger charge is 2.18. The molecule has 1 fully saturated rings. The number of nitrogens with one attached hydrogen (secondary N) is 4. The lowest BCUT2D eigenvalue weighted by Gasteiger charge is -2.08. The zero-order valence-corrected chi connectivity index (χ0v) is 10.2. The Kier molecular flexibility index (Phi) is 3.38. The normalized spacial score (nSPS) is 24.2. The van der Waals surface area contributed by atoms with E-state index in [1.165, 1.54) is 29.9 Å². The van der Waals surface area contributed by atoms with E-state index in [9.17, 15) is 0 Å². The Bertz CT molecular complexity index is 440. The van der Waals surface area contributed by atoms with E-state index in [0.29, 0.717) is 6.04 Å². The Labute approximate surface area is 106 Å². The van der Waals surface area contributed by atoms with Crippen LogP contribution in [-0.2, 0) is 12.8 Å². The van der Waals surface area contributed by atoms with Gasteiger partial charge in [0.1, 0.15) is 0 Å². The van der Waals surface area contributed by atoms with E-state index >= 15 is 0 Å². The van der Waals surface area contributed by atoms with Crippen LogP contribution < -0.4 is 16.4 Å². The molecule has 96 valence electrons. The highest BCUT2D eigenvalue weighted by molar-refractivity contribution is 5.23. The fourth-order valence-corrected chi connectivity index (χ4v) is 2.35. The van der Waals surface area contributed by atoms with Crippen molar-refractivity contribution in [1.82, 2.24) is 31.8 Å². The molecule has 4 rings (SSSR count). The molecular formula is C12H18N6. The van der Waals surface area contributed by atoms with Crippen LogP contribution >= 0.6 is 0 Å². The van der Waals surface area contributed by atoms with Crippen molar-refractivity contribution in [3.63, 3.8) is 0 Å². The fourth-order valence-electron chi connectivity index (χ4n) is 2.35. The van der Waals surface area contributed by atoms with Crippen LogP contribution in [0.3, 0.4) is 0 Å². The second kappa shape index (κ2) is 5.32. The number of H-pyrrole nitrogens is 1. The van der Waals surface area contributed by atoms with Gasteiger partial charge in [0.2, 0.25) is 0 Å². The summed E-state index contributed by atoms with van der Waals surface area (Å²) in [5.41, 5.74) is 12.5. The van der Waals surface area contributed by atoms with Gasteiger partial charge in [0.05, 0.1) is 17.4 Å². The molecule has 1 unspecified atom stereocenters. The largest absolute Gasteiger partial charge is 0.311 e. The van der Waals surface area contributed by atoms with Gasteiger partial charge in [-0.15, -0.1) is 0 Å². The molecule has 1 aromatic heterocycles. The van der Waals surface area contributed by atoms with Crippen molar-refractivity contribution in [3.05, 3.63) is 35.3 Å². The van der Waals surface area contributed by atoms with Gasteiger partial charge in [-0.1, -0.05) is 12.2 Å². The predicted molar refractivity (Wildman–Crippen MR) is 68.1 cm³/mol. The van der Waals surface area contributed by atoms with Crippen LogP contribution in [0.4, 0.5) is 0 Å². The zero-order valence-electron chi connectivity index (χ0n) is 10.2. The minimum atomic E-state index is 0.468. The van der Waals surface area contributed by atoms with Gasteiger partial charge in [0.15, 0.2) is 0 Å². The second-order valence-corrected chi connectivity index (χ2v) is 4.66. The highest BCUT2D eigenvalue weighted by Crippen LogP contribution is 2.15. The molecule has 6 nitrogen and oxygen atoms in total. The molecule has 1 saturated heterocycles. The summed E-state index contributed by atoms with van der Waals surface area (Å²) in [6.45, 7) is 0. The number of aromatic amines is 1. The lowest BCUT2D eigenvalue weighted by atomic mass is 10.0. The lowest BCUT2D eigenvalue weighted by Crippen LogP contribution is -2.33.